The van der Waals surface area contributed by atoms with Gasteiger partial charge in [-0.15, -0.1) is 0 Å². The molecule has 0 unspecified atom stereocenters. The SMILES string of the molecule is Cc1noc(C)c1CC(=O)N1CCN(C(=O)CCCOc2cccc3ccccc23)CC1. The lowest BCUT2D eigenvalue weighted by Crippen LogP contribution is -2.51. The van der Waals surface area contributed by atoms with Crippen LogP contribution in [0.15, 0.2) is 47.0 Å². The number of aryl methyl sites for hydroxylation is 2. The van der Waals surface area contributed by atoms with Crippen LogP contribution in [0.25, 0.3) is 10.8 Å². The molecular weight excluding hydrogens is 406 g/mol. The molecule has 0 aliphatic carbocycles. The van der Waals surface area contributed by atoms with Crippen LogP contribution in [0.1, 0.15) is 29.9 Å². The molecule has 0 spiro atoms. The zero-order chi connectivity index (χ0) is 22.5. The van der Waals surface area contributed by atoms with Gasteiger partial charge in [-0.25, -0.2) is 0 Å². The average molecular weight is 436 g/mol. The second-order valence-corrected chi connectivity index (χ2v) is 8.17. The predicted octanol–water partition coefficient (Wildman–Crippen LogP) is 3.52. The van der Waals surface area contributed by atoms with Crippen LogP contribution >= 0.6 is 0 Å². The standard InChI is InChI=1S/C25H29N3O4/c1-18-22(19(2)32-26-18)17-25(30)28-14-12-27(13-15-28)24(29)11-6-16-31-23-10-5-8-20-7-3-4-9-21(20)23/h3-5,7-10H,6,11-17H2,1-2H3. The van der Waals surface area contributed by atoms with Crippen molar-refractivity contribution in [1.29, 1.82) is 0 Å². The molecule has 0 bridgehead atoms. The zero-order valence-electron chi connectivity index (χ0n) is 18.7. The van der Waals surface area contributed by atoms with Gasteiger partial charge in [-0.05, 0) is 31.7 Å². The molecule has 7 heteroatoms. The van der Waals surface area contributed by atoms with E-state index in [0.717, 1.165) is 27.8 Å². The fraction of sp³-hybridized carbons (Fsp3) is 0.400. The lowest BCUT2D eigenvalue weighted by molar-refractivity contribution is -0.139. The van der Waals surface area contributed by atoms with Crippen molar-refractivity contribution in [2.75, 3.05) is 32.8 Å². The Morgan fingerprint density at radius 3 is 2.38 bits per heavy atom. The second kappa shape index (κ2) is 9.85. The summed E-state index contributed by atoms with van der Waals surface area (Å²) in [5.41, 5.74) is 1.62. The Hall–Kier alpha value is -3.35. The fourth-order valence-corrected chi connectivity index (χ4v) is 4.11. The van der Waals surface area contributed by atoms with Crippen molar-refractivity contribution in [2.45, 2.75) is 33.1 Å². The van der Waals surface area contributed by atoms with Gasteiger partial charge in [0.1, 0.15) is 11.5 Å². The molecule has 0 N–H and O–H groups in total. The van der Waals surface area contributed by atoms with Crippen molar-refractivity contribution in [1.82, 2.24) is 15.0 Å². The summed E-state index contributed by atoms with van der Waals surface area (Å²) in [5, 5.41) is 6.13. The summed E-state index contributed by atoms with van der Waals surface area (Å²) >= 11 is 0. The summed E-state index contributed by atoms with van der Waals surface area (Å²) in [7, 11) is 0. The van der Waals surface area contributed by atoms with Gasteiger partial charge >= 0.3 is 0 Å². The molecule has 1 aliphatic heterocycles. The van der Waals surface area contributed by atoms with Gasteiger partial charge in [0, 0.05) is 43.5 Å². The minimum atomic E-state index is 0.0509. The molecule has 2 aromatic carbocycles. The number of piperazine rings is 1. The molecular formula is C25H29N3O4. The van der Waals surface area contributed by atoms with E-state index in [-0.39, 0.29) is 11.8 Å². The highest BCUT2D eigenvalue weighted by atomic mass is 16.5. The molecule has 1 aromatic heterocycles. The summed E-state index contributed by atoms with van der Waals surface area (Å²) in [4.78, 5) is 28.9. The first kappa shape index (κ1) is 21.9. The lowest BCUT2D eigenvalue weighted by atomic mass is 10.1. The maximum absolute atomic E-state index is 12.6. The molecule has 4 rings (SSSR count). The van der Waals surface area contributed by atoms with Crippen LogP contribution in [0.4, 0.5) is 0 Å². The van der Waals surface area contributed by atoms with Gasteiger partial charge in [0.2, 0.25) is 11.8 Å². The summed E-state index contributed by atoms with van der Waals surface area (Å²) in [6.07, 6.45) is 1.39. The number of ether oxygens (including phenoxy) is 1. The number of aromatic nitrogens is 1. The van der Waals surface area contributed by atoms with Crippen LogP contribution in [0, 0.1) is 13.8 Å². The first-order valence-corrected chi connectivity index (χ1v) is 11.1. The van der Waals surface area contributed by atoms with E-state index in [0.29, 0.717) is 57.8 Å². The third kappa shape index (κ3) is 4.93. The van der Waals surface area contributed by atoms with E-state index in [1.54, 1.807) is 0 Å². The maximum atomic E-state index is 12.6. The quantitative estimate of drug-likeness (QED) is 0.531. The highest BCUT2D eigenvalue weighted by molar-refractivity contribution is 5.88. The summed E-state index contributed by atoms with van der Waals surface area (Å²) in [5.74, 6) is 1.70. The van der Waals surface area contributed by atoms with Crippen molar-refractivity contribution >= 4 is 22.6 Å². The molecule has 7 nitrogen and oxygen atoms in total. The van der Waals surface area contributed by atoms with Gasteiger partial charge in [0.15, 0.2) is 0 Å². The number of hydrogen-bond donors (Lipinski definition) is 0. The van der Waals surface area contributed by atoms with E-state index >= 15 is 0 Å². The van der Waals surface area contributed by atoms with Crippen molar-refractivity contribution in [3.8, 4) is 5.75 Å². The average Bonchev–Trinajstić information content (AvgIpc) is 3.14. The maximum Gasteiger partial charge on any atom is 0.227 e. The second-order valence-electron chi connectivity index (χ2n) is 8.17. The molecule has 2 heterocycles. The molecule has 32 heavy (non-hydrogen) atoms. The number of rotatable bonds is 7. The van der Waals surface area contributed by atoms with Gasteiger partial charge in [0.05, 0.1) is 18.7 Å². The van der Waals surface area contributed by atoms with E-state index < -0.39 is 0 Å². The lowest BCUT2D eigenvalue weighted by Gasteiger charge is -2.35. The third-order valence-corrected chi connectivity index (χ3v) is 6.04. The molecule has 1 aliphatic rings. The minimum absolute atomic E-state index is 0.0509. The molecule has 1 fully saturated rings. The van der Waals surface area contributed by atoms with Crippen LogP contribution < -0.4 is 4.74 Å². The molecule has 2 amide bonds. The number of fused-ring (bicyclic) bond motifs is 1. The Bertz CT molecular complexity index is 1070. The van der Waals surface area contributed by atoms with Crippen LogP contribution in [-0.2, 0) is 16.0 Å². The molecule has 3 aromatic rings. The molecule has 168 valence electrons. The Labute approximate surface area is 187 Å². The topological polar surface area (TPSA) is 75.9 Å². The van der Waals surface area contributed by atoms with E-state index in [1.165, 1.54) is 0 Å². The van der Waals surface area contributed by atoms with Crippen molar-refractivity contribution in [3.63, 3.8) is 0 Å². The van der Waals surface area contributed by atoms with E-state index in [4.69, 9.17) is 9.26 Å². The number of amides is 2. The van der Waals surface area contributed by atoms with E-state index in [1.807, 2.05) is 54.0 Å². The number of hydrogen-bond acceptors (Lipinski definition) is 5. The van der Waals surface area contributed by atoms with E-state index in [9.17, 15) is 9.59 Å². The largest absolute Gasteiger partial charge is 0.493 e. The highest BCUT2D eigenvalue weighted by Crippen LogP contribution is 2.25. The third-order valence-electron chi connectivity index (χ3n) is 6.04. The van der Waals surface area contributed by atoms with Crippen molar-refractivity contribution < 1.29 is 18.8 Å². The Morgan fingerprint density at radius 1 is 0.969 bits per heavy atom. The highest BCUT2D eigenvalue weighted by Gasteiger charge is 2.25. The van der Waals surface area contributed by atoms with E-state index in [2.05, 4.69) is 17.3 Å². The van der Waals surface area contributed by atoms with Crippen LogP contribution in [0.2, 0.25) is 0 Å². The summed E-state index contributed by atoms with van der Waals surface area (Å²) in [6.45, 7) is 6.41. The smallest absolute Gasteiger partial charge is 0.227 e. The Balaban J connectivity index is 1.20. The molecule has 0 saturated carbocycles. The summed E-state index contributed by atoms with van der Waals surface area (Å²) < 4.78 is 11.1. The van der Waals surface area contributed by atoms with Gasteiger partial charge in [-0.2, -0.15) is 0 Å². The first-order chi connectivity index (χ1) is 15.5. The van der Waals surface area contributed by atoms with Crippen molar-refractivity contribution in [2.24, 2.45) is 0 Å². The number of carbonyl (C=O) groups is 2. The molecule has 0 atom stereocenters. The van der Waals surface area contributed by atoms with Gasteiger partial charge in [0.25, 0.3) is 0 Å². The van der Waals surface area contributed by atoms with Crippen LogP contribution in [0.5, 0.6) is 5.75 Å². The normalized spacial score (nSPS) is 14.1. The summed E-state index contributed by atoms with van der Waals surface area (Å²) in [6, 6.07) is 14.1. The minimum Gasteiger partial charge on any atom is -0.493 e. The monoisotopic (exact) mass is 435 g/mol. The van der Waals surface area contributed by atoms with Crippen LogP contribution in [-0.4, -0.2) is 59.6 Å². The number of nitrogens with zero attached hydrogens (tertiary/aromatic N) is 3. The Kier molecular flexibility index (Phi) is 6.73. The predicted molar refractivity (Wildman–Crippen MR) is 122 cm³/mol. The molecule has 0 radical (unpaired) electrons. The number of carbonyl (C=O) groups excluding carboxylic acids is 2. The molecule has 1 saturated heterocycles. The van der Waals surface area contributed by atoms with Gasteiger partial charge < -0.3 is 19.1 Å². The number of benzene rings is 2. The fourth-order valence-electron chi connectivity index (χ4n) is 4.11. The zero-order valence-corrected chi connectivity index (χ0v) is 18.7. The van der Waals surface area contributed by atoms with Gasteiger partial charge in [-0.1, -0.05) is 41.6 Å². The van der Waals surface area contributed by atoms with Gasteiger partial charge in [-0.3, -0.25) is 9.59 Å². The Morgan fingerprint density at radius 2 is 1.66 bits per heavy atom. The first-order valence-electron chi connectivity index (χ1n) is 11.1. The van der Waals surface area contributed by atoms with Crippen LogP contribution in [0.3, 0.4) is 0 Å². The van der Waals surface area contributed by atoms with Crippen molar-refractivity contribution in [3.05, 3.63) is 59.5 Å².